The second kappa shape index (κ2) is 7.52. The van der Waals surface area contributed by atoms with E-state index in [9.17, 15) is 18.0 Å². The van der Waals surface area contributed by atoms with Crippen LogP contribution in [0, 0.1) is 0 Å². The third-order valence-electron chi connectivity index (χ3n) is 2.92. The zero-order chi connectivity index (χ0) is 17.7. The Bertz CT molecular complexity index is 721. The molecule has 1 N–H and O–H groups in total. The van der Waals surface area contributed by atoms with Crippen molar-refractivity contribution in [2.24, 2.45) is 0 Å². The van der Waals surface area contributed by atoms with Crippen LogP contribution < -0.4 is 5.32 Å². The molecule has 0 aliphatic heterocycles. The Kier molecular flexibility index (Phi) is 5.66. The van der Waals surface area contributed by atoms with Crippen LogP contribution in [0.25, 0.3) is 0 Å². The van der Waals surface area contributed by atoms with Crippen LogP contribution in [0.2, 0.25) is 0 Å². The maximum atomic E-state index is 12.6. The van der Waals surface area contributed by atoms with Crippen LogP contribution in [-0.4, -0.2) is 28.8 Å². The zero-order valence-corrected chi connectivity index (χ0v) is 13.7. The van der Waals surface area contributed by atoms with E-state index >= 15 is 0 Å². The number of halogens is 3. The zero-order valence-electron chi connectivity index (χ0n) is 12.8. The fourth-order valence-electron chi connectivity index (χ4n) is 1.80. The van der Waals surface area contributed by atoms with E-state index in [0.29, 0.717) is 10.8 Å². The van der Waals surface area contributed by atoms with Gasteiger partial charge in [-0.15, -0.1) is 0 Å². The van der Waals surface area contributed by atoms with Gasteiger partial charge in [-0.2, -0.15) is 13.2 Å². The van der Waals surface area contributed by atoms with Gasteiger partial charge in [-0.25, -0.2) is 14.8 Å². The van der Waals surface area contributed by atoms with Crippen LogP contribution in [0.5, 0.6) is 0 Å². The number of rotatable bonds is 5. The molecule has 2 rings (SSSR count). The molecule has 24 heavy (non-hydrogen) atoms. The summed E-state index contributed by atoms with van der Waals surface area (Å²) in [6.45, 7) is 1.85. The van der Waals surface area contributed by atoms with Crippen molar-refractivity contribution in [2.45, 2.75) is 18.3 Å². The number of benzene rings is 1. The van der Waals surface area contributed by atoms with Crippen molar-refractivity contribution in [2.75, 3.05) is 18.2 Å². The van der Waals surface area contributed by atoms with Crippen molar-refractivity contribution < 1.29 is 22.7 Å². The molecule has 2 aromatic rings. The summed E-state index contributed by atoms with van der Waals surface area (Å²) in [5.74, 6) is -0.438. The molecule has 1 heterocycles. The number of carbonyl (C=O) groups excluding carboxylic acids is 1. The molecule has 0 fully saturated rings. The van der Waals surface area contributed by atoms with Gasteiger partial charge >= 0.3 is 12.1 Å². The van der Waals surface area contributed by atoms with Crippen LogP contribution in [0.1, 0.15) is 22.8 Å². The average Bonchev–Trinajstić information content (AvgIpc) is 2.54. The quantitative estimate of drug-likeness (QED) is 0.493. The molecular formula is C15H14F3N3O2S. The molecule has 5 nitrogen and oxygen atoms in total. The molecule has 0 bridgehead atoms. The van der Waals surface area contributed by atoms with Gasteiger partial charge < -0.3 is 10.1 Å². The number of carbonyl (C=O) groups is 1. The highest BCUT2D eigenvalue weighted by molar-refractivity contribution is 7.98. The maximum absolute atomic E-state index is 12.6. The number of ether oxygens (including phenoxy) is 1. The number of alkyl halides is 3. The Hall–Kier alpha value is -2.29. The van der Waals surface area contributed by atoms with Gasteiger partial charge in [-0.3, -0.25) is 0 Å². The number of nitrogens with one attached hydrogen (secondary N) is 1. The Morgan fingerprint density at radius 1 is 1.29 bits per heavy atom. The average molecular weight is 357 g/mol. The number of nitrogens with zero attached hydrogens (tertiary/aromatic N) is 2. The first-order valence-electron chi connectivity index (χ1n) is 6.87. The topological polar surface area (TPSA) is 64.1 Å². The molecule has 0 saturated heterocycles. The van der Waals surface area contributed by atoms with Gasteiger partial charge in [0.1, 0.15) is 11.4 Å². The predicted octanol–water partition coefficient (Wildman–Crippen LogP) is 4.14. The number of hydrogen-bond acceptors (Lipinski definition) is 6. The first-order chi connectivity index (χ1) is 11.3. The lowest BCUT2D eigenvalue weighted by Gasteiger charge is -2.12. The summed E-state index contributed by atoms with van der Waals surface area (Å²) < 4.78 is 42.7. The second-order valence-electron chi connectivity index (χ2n) is 4.54. The lowest BCUT2D eigenvalue weighted by Crippen LogP contribution is -2.11. The van der Waals surface area contributed by atoms with E-state index in [-0.39, 0.29) is 18.0 Å². The van der Waals surface area contributed by atoms with E-state index in [2.05, 4.69) is 15.3 Å². The van der Waals surface area contributed by atoms with Crippen LogP contribution in [-0.2, 0) is 10.9 Å². The van der Waals surface area contributed by atoms with Crippen molar-refractivity contribution in [3.63, 3.8) is 0 Å². The van der Waals surface area contributed by atoms with Gasteiger partial charge in [0, 0.05) is 11.9 Å². The summed E-state index contributed by atoms with van der Waals surface area (Å²) in [6.07, 6.45) is -1.32. The minimum Gasteiger partial charge on any atom is -0.462 e. The van der Waals surface area contributed by atoms with E-state index < -0.39 is 17.7 Å². The molecule has 0 amide bonds. The highest BCUT2D eigenvalue weighted by atomic mass is 32.2. The molecule has 0 unspecified atom stereocenters. The van der Waals surface area contributed by atoms with E-state index in [1.807, 2.05) is 0 Å². The highest BCUT2D eigenvalue weighted by Crippen LogP contribution is 2.30. The van der Waals surface area contributed by atoms with Gasteiger partial charge in [-0.05, 0) is 37.4 Å². The normalized spacial score (nSPS) is 11.2. The van der Waals surface area contributed by atoms with Gasteiger partial charge in [0.15, 0.2) is 5.16 Å². The van der Waals surface area contributed by atoms with Crippen molar-refractivity contribution >= 4 is 29.2 Å². The predicted molar refractivity (Wildman–Crippen MR) is 84.5 cm³/mol. The van der Waals surface area contributed by atoms with E-state index in [0.717, 1.165) is 12.1 Å². The van der Waals surface area contributed by atoms with Crippen molar-refractivity contribution in [3.8, 4) is 0 Å². The first kappa shape index (κ1) is 18.1. The van der Waals surface area contributed by atoms with Gasteiger partial charge in [0.25, 0.3) is 0 Å². The fraction of sp³-hybridized carbons (Fsp3) is 0.267. The fourth-order valence-corrected chi connectivity index (χ4v) is 2.14. The standard InChI is InChI=1S/C15H14F3N3O2S/c1-3-23-13(22)11-8-19-14(24-2)21-12(11)20-10-6-4-9(5-7-10)15(16,17)18/h4-8H,3H2,1-2H3,(H,19,20,21). The first-order valence-corrected chi connectivity index (χ1v) is 8.10. The summed E-state index contributed by atoms with van der Waals surface area (Å²) in [5, 5.41) is 3.25. The van der Waals surface area contributed by atoms with Crippen molar-refractivity contribution in [1.29, 1.82) is 0 Å². The molecule has 1 aromatic heterocycles. The molecule has 0 atom stereocenters. The largest absolute Gasteiger partial charge is 0.462 e. The second-order valence-corrected chi connectivity index (χ2v) is 5.31. The summed E-state index contributed by atoms with van der Waals surface area (Å²) in [5.41, 5.74) is -0.292. The van der Waals surface area contributed by atoms with Crippen LogP contribution in [0.15, 0.2) is 35.6 Å². The Morgan fingerprint density at radius 3 is 2.50 bits per heavy atom. The smallest absolute Gasteiger partial charge is 0.416 e. The lowest BCUT2D eigenvalue weighted by atomic mass is 10.2. The van der Waals surface area contributed by atoms with Crippen LogP contribution in [0.4, 0.5) is 24.7 Å². The Morgan fingerprint density at radius 2 is 1.96 bits per heavy atom. The molecule has 0 aliphatic rings. The minimum absolute atomic E-state index is 0.106. The molecule has 128 valence electrons. The lowest BCUT2D eigenvalue weighted by molar-refractivity contribution is -0.137. The molecule has 0 radical (unpaired) electrons. The van der Waals surface area contributed by atoms with Gasteiger partial charge in [-0.1, -0.05) is 11.8 Å². The SMILES string of the molecule is CCOC(=O)c1cnc(SC)nc1Nc1ccc(C(F)(F)F)cc1. The molecule has 1 aromatic carbocycles. The summed E-state index contributed by atoms with van der Waals surface area (Å²) in [6, 6.07) is 4.42. The van der Waals surface area contributed by atoms with Crippen LogP contribution >= 0.6 is 11.8 Å². The maximum Gasteiger partial charge on any atom is 0.416 e. The number of aromatic nitrogens is 2. The van der Waals surface area contributed by atoms with Gasteiger partial charge in [0.05, 0.1) is 12.2 Å². The summed E-state index contributed by atoms with van der Waals surface area (Å²) in [4.78, 5) is 20.1. The molecular weight excluding hydrogens is 343 g/mol. The number of hydrogen-bond donors (Lipinski definition) is 1. The monoisotopic (exact) mass is 357 g/mol. The van der Waals surface area contributed by atoms with Crippen molar-refractivity contribution in [1.82, 2.24) is 9.97 Å². The number of anilines is 2. The number of esters is 1. The third kappa shape index (κ3) is 4.38. The van der Waals surface area contributed by atoms with Gasteiger partial charge in [0.2, 0.25) is 0 Å². The molecule has 0 saturated carbocycles. The van der Waals surface area contributed by atoms with E-state index in [1.54, 1.807) is 13.2 Å². The van der Waals surface area contributed by atoms with E-state index in [1.165, 1.54) is 30.1 Å². The molecule has 9 heteroatoms. The van der Waals surface area contributed by atoms with Crippen molar-refractivity contribution in [3.05, 3.63) is 41.6 Å². The van der Waals surface area contributed by atoms with E-state index in [4.69, 9.17) is 4.74 Å². The molecule has 0 aliphatic carbocycles. The Labute approximate surface area is 140 Å². The number of thioether (sulfide) groups is 1. The molecule has 0 spiro atoms. The summed E-state index contributed by atoms with van der Waals surface area (Å²) >= 11 is 1.27. The van der Waals surface area contributed by atoms with Crippen LogP contribution in [0.3, 0.4) is 0 Å². The highest BCUT2D eigenvalue weighted by Gasteiger charge is 2.30. The Balaban J connectivity index is 2.31. The minimum atomic E-state index is -4.41. The summed E-state index contributed by atoms with van der Waals surface area (Å²) in [7, 11) is 0. The third-order valence-corrected chi connectivity index (χ3v) is 3.48.